The lowest BCUT2D eigenvalue weighted by molar-refractivity contribution is -0.141. The van der Waals surface area contributed by atoms with Gasteiger partial charge in [0.05, 0.1) is 13.5 Å². The van der Waals surface area contributed by atoms with Gasteiger partial charge in [-0.05, 0) is 37.3 Å². The highest BCUT2D eigenvalue weighted by Gasteiger charge is 2.17. The predicted molar refractivity (Wildman–Crippen MR) is 85.4 cm³/mol. The van der Waals surface area contributed by atoms with Crippen LogP contribution in [0.4, 0.5) is 0 Å². The molecule has 0 heterocycles. The van der Waals surface area contributed by atoms with Crippen LogP contribution in [0, 0.1) is 13.8 Å². The number of carbonyl (C=O) groups excluding carboxylic acids is 1. The molecular weight excluding hydrogens is 260 g/mol. The second-order valence-corrected chi connectivity index (χ2v) is 5.58. The molecule has 2 nitrogen and oxygen atoms in total. The standard InChI is InChI=1S/C19H22O2/c1-14-4-8-16(9-5-14)12-18(13-19(20)21-3)17-10-6-15(2)7-11-17/h4-11,18H,12-13H2,1-3H3. The van der Waals surface area contributed by atoms with Crippen LogP contribution in [0.1, 0.15) is 34.6 Å². The van der Waals surface area contributed by atoms with Gasteiger partial charge in [-0.25, -0.2) is 0 Å². The van der Waals surface area contributed by atoms with E-state index < -0.39 is 0 Å². The van der Waals surface area contributed by atoms with E-state index in [-0.39, 0.29) is 11.9 Å². The van der Waals surface area contributed by atoms with Crippen LogP contribution in [-0.2, 0) is 16.0 Å². The highest BCUT2D eigenvalue weighted by Crippen LogP contribution is 2.25. The Morgan fingerprint density at radius 1 is 0.952 bits per heavy atom. The number of hydrogen-bond acceptors (Lipinski definition) is 2. The number of ether oxygens (including phenoxy) is 1. The summed E-state index contributed by atoms with van der Waals surface area (Å²) >= 11 is 0. The first-order chi connectivity index (χ1) is 10.1. The van der Waals surface area contributed by atoms with Gasteiger partial charge in [-0.15, -0.1) is 0 Å². The molecule has 0 aliphatic heterocycles. The zero-order chi connectivity index (χ0) is 15.2. The molecular formula is C19H22O2. The first-order valence-electron chi connectivity index (χ1n) is 7.27. The van der Waals surface area contributed by atoms with E-state index >= 15 is 0 Å². The fraction of sp³-hybridized carbons (Fsp3) is 0.316. The predicted octanol–water partition coefficient (Wildman–Crippen LogP) is 4.19. The Hall–Kier alpha value is -2.09. The minimum atomic E-state index is -0.160. The zero-order valence-electron chi connectivity index (χ0n) is 12.9. The molecule has 0 radical (unpaired) electrons. The van der Waals surface area contributed by atoms with Gasteiger partial charge in [0.15, 0.2) is 0 Å². The van der Waals surface area contributed by atoms with Crippen molar-refractivity contribution in [3.63, 3.8) is 0 Å². The van der Waals surface area contributed by atoms with Crippen molar-refractivity contribution < 1.29 is 9.53 Å². The highest BCUT2D eigenvalue weighted by atomic mass is 16.5. The van der Waals surface area contributed by atoms with Crippen LogP contribution in [0.15, 0.2) is 48.5 Å². The van der Waals surface area contributed by atoms with Crippen molar-refractivity contribution in [2.45, 2.75) is 32.6 Å². The monoisotopic (exact) mass is 282 g/mol. The van der Waals surface area contributed by atoms with E-state index in [1.807, 2.05) is 0 Å². The lowest BCUT2D eigenvalue weighted by Gasteiger charge is -2.17. The Labute approximate surface area is 126 Å². The molecule has 0 N–H and O–H groups in total. The van der Waals surface area contributed by atoms with Gasteiger partial charge in [0.25, 0.3) is 0 Å². The summed E-state index contributed by atoms with van der Waals surface area (Å²) in [5.74, 6) is -0.00607. The van der Waals surface area contributed by atoms with Gasteiger partial charge >= 0.3 is 5.97 Å². The maximum Gasteiger partial charge on any atom is 0.306 e. The van der Waals surface area contributed by atoms with Crippen molar-refractivity contribution in [2.75, 3.05) is 7.11 Å². The second-order valence-electron chi connectivity index (χ2n) is 5.58. The second kappa shape index (κ2) is 7.07. The molecule has 2 aromatic rings. The van der Waals surface area contributed by atoms with Crippen molar-refractivity contribution in [2.24, 2.45) is 0 Å². The lowest BCUT2D eigenvalue weighted by Crippen LogP contribution is -2.11. The summed E-state index contributed by atoms with van der Waals surface area (Å²) in [6, 6.07) is 16.9. The largest absolute Gasteiger partial charge is 0.469 e. The molecule has 0 saturated carbocycles. The van der Waals surface area contributed by atoms with Gasteiger partial charge in [-0.3, -0.25) is 4.79 Å². The number of rotatable bonds is 5. The molecule has 1 atom stereocenters. The van der Waals surface area contributed by atoms with Crippen LogP contribution >= 0.6 is 0 Å². The molecule has 21 heavy (non-hydrogen) atoms. The molecule has 2 rings (SSSR count). The Kier molecular flexibility index (Phi) is 5.15. The van der Waals surface area contributed by atoms with Gasteiger partial charge in [0.1, 0.15) is 0 Å². The average Bonchev–Trinajstić information content (AvgIpc) is 2.49. The van der Waals surface area contributed by atoms with Crippen molar-refractivity contribution in [3.05, 3.63) is 70.8 Å². The van der Waals surface area contributed by atoms with E-state index in [2.05, 4.69) is 62.4 Å². The van der Waals surface area contributed by atoms with Gasteiger partial charge in [-0.2, -0.15) is 0 Å². The summed E-state index contributed by atoms with van der Waals surface area (Å²) in [4.78, 5) is 11.7. The highest BCUT2D eigenvalue weighted by molar-refractivity contribution is 5.70. The third-order valence-corrected chi connectivity index (χ3v) is 3.79. The molecule has 0 aliphatic carbocycles. The zero-order valence-corrected chi connectivity index (χ0v) is 12.9. The molecule has 1 unspecified atom stereocenters. The summed E-state index contributed by atoms with van der Waals surface area (Å²) in [6.07, 6.45) is 1.26. The van der Waals surface area contributed by atoms with Gasteiger partial charge in [0.2, 0.25) is 0 Å². The van der Waals surface area contributed by atoms with Crippen LogP contribution in [0.5, 0.6) is 0 Å². The normalized spacial score (nSPS) is 12.0. The molecule has 0 aromatic heterocycles. The summed E-state index contributed by atoms with van der Waals surface area (Å²) in [5, 5.41) is 0. The fourth-order valence-electron chi connectivity index (χ4n) is 2.44. The van der Waals surface area contributed by atoms with Gasteiger partial charge in [-0.1, -0.05) is 59.7 Å². The Bertz CT molecular complexity index is 582. The van der Waals surface area contributed by atoms with E-state index in [9.17, 15) is 4.79 Å². The van der Waals surface area contributed by atoms with Crippen LogP contribution in [0.2, 0.25) is 0 Å². The van der Waals surface area contributed by atoms with Gasteiger partial charge < -0.3 is 4.74 Å². The SMILES string of the molecule is COC(=O)CC(Cc1ccc(C)cc1)c1ccc(C)cc1. The minimum absolute atomic E-state index is 0.153. The summed E-state index contributed by atoms with van der Waals surface area (Å²) in [5.41, 5.74) is 4.91. The molecule has 110 valence electrons. The van der Waals surface area contributed by atoms with Crippen molar-refractivity contribution in [1.29, 1.82) is 0 Å². The van der Waals surface area contributed by atoms with Gasteiger partial charge in [0, 0.05) is 0 Å². The van der Waals surface area contributed by atoms with E-state index in [0.717, 1.165) is 6.42 Å². The third kappa shape index (κ3) is 4.45. The molecule has 2 heteroatoms. The van der Waals surface area contributed by atoms with E-state index in [1.165, 1.54) is 29.4 Å². The number of hydrogen-bond donors (Lipinski definition) is 0. The van der Waals surface area contributed by atoms with Crippen LogP contribution in [0.25, 0.3) is 0 Å². The first-order valence-corrected chi connectivity index (χ1v) is 7.27. The number of methoxy groups -OCH3 is 1. The Morgan fingerprint density at radius 2 is 1.48 bits per heavy atom. The maximum absolute atomic E-state index is 11.7. The van der Waals surface area contributed by atoms with E-state index in [4.69, 9.17) is 4.74 Å². The third-order valence-electron chi connectivity index (χ3n) is 3.79. The van der Waals surface area contributed by atoms with Crippen molar-refractivity contribution >= 4 is 5.97 Å². The molecule has 0 spiro atoms. The topological polar surface area (TPSA) is 26.3 Å². The molecule has 0 saturated heterocycles. The van der Waals surface area contributed by atoms with Crippen molar-refractivity contribution in [3.8, 4) is 0 Å². The summed E-state index contributed by atoms with van der Waals surface area (Å²) < 4.78 is 4.84. The number of esters is 1. The Balaban J connectivity index is 2.20. The number of aryl methyl sites for hydroxylation is 2. The van der Waals surface area contributed by atoms with Crippen LogP contribution in [-0.4, -0.2) is 13.1 Å². The molecule has 0 fully saturated rings. The first kappa shape index (κ1) is 15.3. The van der Waals surface area contributed by atoms with Crippen molar-refractivity contribution in [1.82, 2.24) is 0 Å². The molecule has 0 aliphatic rings. The van der Waals surface area contributed by atoms with Crippen LogP contribution < -0.4 is 0 Å². The summed E-state index contributed by atoms with van der Waals surface area (Å²) in [6.45, 7) is 4.15. The quantitative estimate of drug-likeness (QED) is 0.768. The smallest absolute Gasteiger partial charge is 0.306 e. The number of benzene rings is 2. The average molecular weight is 282 g/mol. The van der Waals surface area contributed by atoms with Crippen LogP contribution in [0.3, 0.4) is 0 Å². The fourth-order valence-corrected chi connectivity index (χ4v) is 2.44. The Morgan fingerprint density at radius 3 is 2.00 bits per heavy atom. The minimum Gasteiger partial charge on any atom is -0.469 e. The molecule has 0 amide bonds. The lowest BCUT2D eigenvalue weighted by atomic mass is 9.88. The maximum atomic E-state index is 11.7. The van der Waals surface area contributed by atoms with E-state index in [0.29, 0.717) is 6.42 Å². The molecule has 2 aromatic carbocycles. The number of carbonyl (C=O) groups is 1. The van der Waals surface area contributed by atoms with E-state index in [1.54, 1.807) is 0 Å². The molecule has 0 bridgehead atoms. The summed E-state index contributed by atoms with van der Waals surface area (Å²) in [7, 11) is 1.44.